The van der Waals surface area contributed by atoms with Gasteiger partial charge in [0.1, 0.15) is 5.82 Å². The van der Waals surface area contributed by atoms with Crippen LogP contribution >= 0.6 is 11.6 Å². The number of halogens is 1. The standard InChI is InChI=1S/C10H13ClN2O2S/c11-8-3-4-10(12-6-8)13-7-9-2-1-5-16(9,14)15/h3-4,6,9H,1-2,5,7H2,(H,12,13). The average Bonchev–Trinajstić information content (AvgIpc) is 2.57. The predicted molar refractivity (Wildman–Crippen MR) is 64.5 cm³/mol. The minimum atomic E-state index is -2.88. The van der Waals surface area contributed by atoms with Gasteiger partial charge in [-0.3, -0.25) is 0 Å². The van der Waals surface area contributed by atoms with Crippen molar-refractivity contribution in [1.82, 2.24) is 4.98 Å². The quantitative estimate of drug-likeness (QED) is 0.899. The lowest BCUT2D eigenvalue weighted by Crippen LogP contribution is -2.25. The Balaban J connectivity index is 1.95. The molecule has 0 bridgehead atoms. The van der Waals surface area contributed by atoms with Crippen molar-refractivity contribution in [2.75, 3.05) is 17.6 Å². The molecule has 1 aromatic rings. The molecule has 0 aromatic carbocycles. The number of aromatic nitrogens is 1. The summed E-state index contributed by atoms with van der Waals surface area (Å²) in [5, 5.41) is 3.32. The van der Waals surface area contributed by atoms with Crippen molar-refractivity contribution in [2.45, 2.75) is 18.1 Å². The highest BCUT2D eigenvalue weighted by Gasteiger charge is 2.30. The highest BCUT2D eigenvalue weighted by molar-refractivity contribution is 7.92. The number of hydrogen-bond donors (Lipinski definition) is 1. The Bertz CT molecular complexity index is 458. The van der Waals surface area contributed by atoms with Crippen molar-refractivity contribution in [3.8, 4) is 0 Å². The molecular formula is C10H13ClN2O2S. The van der Waals surface area contributed by atoms with Gasteiger partial charge in [0.25, 0.3) is 0 Å². The van der Waals surface area contributed by atoms with Crippen LogP contribution in [0.15, 0.2) is 18.3 Å². The van der Waals surface area contributed by atoms with E-state index < -0.39 is 9.84 Å². The molecule has 0 radical (unpaired) electrons. The smallest absolute Gasteiger partial charge is 0.154 e. The lowest BCUT2D eigenvalue weighted by molar-refractivity contribution is 0.591. The largest absolute Gasteiger partial charge is 0.369 e. The molecule has 16 heavy (non-hydrogen) atoms. The molecule has 0 aliphatic carbocycles. The third-order valence-corrected chi connectivity index (χ3v) is 5.20. The van der Waals surface area contributed by atoms with Crippen LogP contribution in [0.5, 0.6) is 0 Å². The predicted octanol–water partition coefficient (Wildman–Crippen LogP) is 1.72. The zero-order chi connectivity index (χ0) is 11.6. The topological polar surface area (TPSA) is 59.1 Å². The van der Waals surface area contributed by atoms with Crippen LogP contribution in [0.4, 0.5) is 5.82 Å². The maximum Gasteiger partial charge on any atom is 0.154 e. The third-order valence-electron chi connectivity index (χ3n) is 2.70. The molecular weight excluding hydrogens is 248 g/mol. The monoisotopic (exact) mass is 260 g/mol. The first-order valence-corrected chi connectivity index (χ1v) is 7.24. The van der Waals surface area contributed by atoms with E-state index in [0.717, 1.165) is 12.8 Å². The Hall–Kier alpha value is -0.810. The van der Waals surface area contributed by atoms with E-state index in [1.807, 2.05) is 0 Å². The van der Waals surface area contributed by atoms with Gasteiger partial charge in [-0.05, 0) is 25.0 Å². The van der Waals surface area contributed by atoms with Gasteiger partial charge in [-0.15, -0.1) is 0 Å². The second-order valence-electron chi connectivity index (χ2n) is 3.87. The van der Waals surface area contributed by atoms with E-state index >= 15 is 0 Å². The lowest BCUT2D eigenvalue weighted by atomic mass is 10.2. The van der Waals surface area contributed by atoms with Crippen molar-refractivity contribution in [3.05, 3.63) is 23.4 Å². The first-order chi connectivity index (χ1) is 7.58. The summed E-state index contributed by atoms with van der Waals surface area (Å²) in [6.45, 7) is 0.428. The summed E-state index contributed by atoms with van der Waals surface area (Å²) in [4.78, 5) is 4.05. The first-order valence-electron chi connectivity index (χ1n) is 5.15. The number of nitrogens with zero attached hydrogens (tertiary/aromatic N) is 1. The molecule has 2 heterocycles. The molecule has 0 spiro atoms. The molecule has 88 valence electrons. The van der Waals surface area contributed by atoms with E-state index in [2.05, 4.69) is 10.3 Å². The average molecular weight is 261 g/mol. The minimum Gasteiger partial charge on any atom is -0.369 e. The van der Waals surface area contributed by atoms with E-state index in [4.69, 9.17) is 11.6 Å². The Morgan fingerprint density at radius 3 is 2.88 bits per heavy atom. The van der Waals surface area contributed by atoms with Crippen molar-refractivity contribution < 1.29 is 8.42 Å². The molecule has 6 heteroatoms. The zero-order valence-corrected chi connectivity index (χ0v) is 10.3. The fourth-order valence-corrected chi connectivity index (χ4v) is 3.66. The maximum absolute atomic E-state index is 11.6. The fraction of sp³-hybridized carbons (Fsp3) is 0.500. The van der Waals surface area contributed by atoms with E-state index in [9.17, 15) is 8.42 Å². The summed E-state index contributed by atoms with van der Waals surface area (Å²) in [6.07, 6.45) is 3.04. The van der Waals surface area contributed by atoms with Crippen molar-refractivity contribution >= 4 is 27.3 Å². The number of nitrogens with one attached hydrogen (secondary N) is 1. The van der Waals surface area contributed by atoms with E-state index in [0.29, 0.717) is 23.1 Å². The van der Waals surface area contributed by atoms with Crippen LogP contribution in [0, 0.1) is 0 Å². The summed E-state index contributed by atoms with van der Waals surface area (Å²) in [6, 6.07) is 3.46. The highest BCUT2D eigenvalue weighted by Crippen LogP contribution is 2.20. The van der Waals surface area contributed by atoms with E-state index in [1.165, 1.54) is 6.20 Å². The van der Waals surface area contributed by atoms with Gasteiger partial charge in [0.2, 0.25) is 0 Å². The Kier molecular flexibility index (Phi) is 3.35. The molecule has 4 nitrogen and oxygen atoms in total. The van der Waals surface area contributed by atoms with Gasteiger partial charge >= 0.3 is 0 Å². The van der Waals surface area contributed by atoms with Crippen LogP contribution in [0.1, 0.15) is 12.8 Å². The fourth-order valence-electron chi connectivity index (χ4n) is 1.79. The van der Waals surface area contributed by atoms with Crippen molar-refractivity contribution in [1.29, 1.82) is 0 Å². The molecule has 1 unspecified atom stereocenters. The summed E-state index contributed by atoms with van der Waals surface area (Å²) < 4.78 is 23.1. The van der Waals surface area contributed by atoms with Gasteiger partial charge in [0.15, 0.2) is 9.84 Å². The van der Waals surface area contributed by atoms with Crippen LogP contribution in [0.25, 0.3) is 0 Å². The number of pyridine rings is 1. The summed E-state index contributed by atoms with van der Waals surface area (Å²) in [5.74, 6) is 0.972. The molecule has 1 aromatic heterocycles. The van der Waals surface area contributed by atoms with Crippen LogP contribution in [0.2, 0.25) is 5.02 Å². The number of sulfone groups is 1. The summed E-state index contributed by atoms with van der Waals surface area (Å²) in [5.41, 5.74) is 0. The van der Waals surface area contributed by atoms with Crippen molar-refractivity contribution in [2.24, 2.45) is 0 Å². The number of hydrogen-bond acceptors (Lipinski definition) is 4. The van der Waals surface area contributed by atoms with E-state index in [-0.39, 0.29) is 5.25 Å². The second kappa shape index (κ2) is 4.59. The van der Waals surface area contributed by atoms with E-state index in [1.54, 1.807) is 12.1 Å². The van der Waals surface area contributed by atoms with Gasteiger partial charge in [-0.2, -0.15) is 0 Å². The minimum absolute atomic E-state index is 0.273. The molecule has 1 atom stereocenters. The molecule has 2 rings (SSSR count). The van der Waals surface area contributed by atoms with Gasteiger partial charge in [0, 0.05) is 12.7 Å². The molecule has 1 aliphatic heterocycles. The SMILES string of the molecule is O=S1(=O)CCCC1CNc1ccc(Cl)cn1. The molecule has 1 fully saturated rings. The normalized spacial score (nSPS) is 23.2. The molecule has 1 saturated heterocycles. The number of anilines is 1. The zero-order valence-electron chi connectivity index (χ0n) is 8.69. The van der Waals surface area contributed by atoms with Crippen LogP contribution < -0.4 is 5.32 Å². The molecule has 0 amide bonds. The van der Waals surface area contributed by atoms with Crippen LogP contribution in [-0.4, -0.2) is 30.9 Å². The van der Waals surface area contributed by atoms with Gasteiger partial charge in [0.05, 0.1) is 16.0 Å². The summed E-state index contributed by atoms with van der Waals surface area (Å²) in [7, 11) is -2.88. The Morgan fingerprint density at radius 2 is 2.31 bits per heavy atom. The van der Waals surface area contributed by atoms with Crippen LogP contribution in [-0.2, 0) is 9.84 Å². The van der Waals surface area contributed by atoms with Gasteiger partial charge in [-0.25, -0.2) is 13.4 Å². The number of rotatable bonds is 3. The molecule has 1 aliphatic rings. The highest BCUT2D eigenvalue weighted by atomic mass is 35.5. The van der Waals surface area contributed by atoms with Gasteiger partial charge < -0.3 is 5.32 Å². The second-order valence-corrected chi connectivity index (χ2v) is 6.71. The third kappa shape index (κ3) is 2.65. The summed E-state index contributed by atoms with van der Waals surface area (Å²) >= 11 is 5.70. The lowest BCUT2D eigenvalue weighted by Gasteiger charge is -2.10. The molecule has 1 N–H and O–H groups in total. The Morgan fingerprint density at radius 1 is 1.50 bits per heavy atom. The van der Waals surface area contributed by atoms with Crippen molar-refractivity contribution in [3.63, 3.8) is 0 Å². The maximum atomic E-state index is 11.6. The first kappa shape index (κ1) is 11.7. The Labute approximate surface area is 99.9 Å². The van der Waals surface area contributed by atoms with Crippen LogP contribution in [0.3, 0.4) is 0 Å². The van der Waals surface area contributed by atoms with Gasteiger partial charge in [-0.1, -0.05) is 11.6 Å². The molecule has 0 saturated carbocycles.